The van der Waals surface area contributed by atoms with Gasteiger partial charge in [0.15, 0.2) is 17.5 Å². The zero-order valence-electron chi connectivity index (χ0n) is 27.5. The van der Waals surface area contributed by atoms with E-state index in [0.29, 0.717) is 17.5 Å². The van der Waals surface area contributed by atoms with Crippen molar-refractivity contribution >= 4 is 43.5 Å². The van der Waals surface area contributed by atoms with Crippen LogP contribution in [0.4, 0.5) is 0 Å². The van der Waals surface area contributed by atoms with Gasteiger partial charge in [-0.15, -0.1) is 0 Å². The largest absolute Gasteiger partial charge is 0.456 e. The van der Waals surface area contributed by atoms with E-state index in [1.807, 2.05) is 24.3 Å². The van der Waals surface area contributed by atoms with Crippen molar-refractivity contribution in [2.45, 2.75) is 0 Å². The Bertz CT molecular complexity index is 2920. The zero-order chi connectivity index (χ0) is 33.7. The second kappa shape index (κ2) is 11.9. The standard InChI is InChI=1S/C47H29N3O/c1-3-11-34-27-36(23-19-30(34)9-1)32-17-21-33(22-18-32)45-48-46(38-24-20-31-10-2-4-12-35(31)28-38)50-47(49-45)42-15-6-5-13-39(42)37-25-26-41-40-14-7-8-16-43(40)51-44(41)29-37/h1-29H. The number of fused-ring (bicyclic) bond motifs is 5. The average molecular weight is 652 g/mol. The van der Waals surface area contributed by atoms with Crippen molar-refractivity contribution in [1.29, 1.82) is 0 Å². The quantitative estimate of drug-likeness (QED) is 0.186. The fraction of sp³-hybridized carbons (Fsp3) is 0. The first kappa shape index (κ1) is 29.0. The Labute approximate surface area is 294 Å². The third-order valence-electron chi connectivity index (χ3n) is 9.73. The summed E-state index contributed by atoms with van der Waals surface area (Å²) < 4.78 is 6.27. The summed E-state index contributed by atoms with van der Waals surface area (Å²) >= 11 is 0. The third kappa shape index (κ3) is 5.22. The molecule has 0 aliphatic carbocycles. The van der Waals surface area contributed by atoms with Gasteiger partial charge < -0.3 is 4.42 Å². The fourth-order valence-electron chi connectivity index (χ4n) is 7.09. The number of benzene rings is 8. The first-order valence-corrected chi connectivity index (χ1v) is 17.1. The number of rotatable bonds is 5. The van der Waals surface area contributed by atoms with E-state index in [2.05, 4.69) is 152 Å². The third-order valence-corrected chi connectivity index (χ3v) is 9.73. The molecule has 0 saturated heterocycles. The summed E-state index contributed by atoms with van der Waals surface area (Å²) in [5.74, 6) is 1.86. The van der Waals surface area contributed by atoms with Gasteiger partial charge in [0, 0.05) is 27.5 Å². The van der Waals surface area contributed by atoms with Crippen molar-refractivity contribution in [3.63, 3.8) is 0 Å². The molecular weight excluding hydrogens is 623 g/mol. The van der Waals surface area contributed by atoms with Crippen molar-refractivity contribution in [2.24, 2.45) is 0 Å². The van der Waals surface area contributed by atoms with Crippen LogP contribution in [0.3, 0.4) is 0 Å². The van der Waals surface area contributed by atoms with Gasteiger partial charge in [0.1, 0.15) is 11.2 Å². The Morgan fingerprint density at radius 3 is 1.57 bits per heavy atom. The molecule has 0 radical (unpaired) electrons. The van der Waals surface area contributed by atoms with Crippen LogP contribution in [-0.4, -0.2) is 15.0 Å². The Morgan fingerprint density at radius 1 is 0.294 bits per heavy atom. The zero-order valence-corrected chi connectivity index (χ0v) is 27.5. The molecule has 0 fully saturated rings. The summed E-state index contributed by atoms with van der Waals surface area (Å²) in [6.45, 7) is 0. The maximum absolute atomic E-state index is 6.27. The number of hydrogen-bond acceptors (Lipinski definition) is 4. The molecule has 0 atom stereocenters. The lowest BCUT2D eigenvalue weighted by Crippen LogP contribution is -2.01. The Kier molecular flexibility index (Phi) is 6.78. The van der Waals surface area contributed by atoms with Crippen molar-refractivity contribution in [3.8, 4) is 56.4 Å². The molecular formula is C47H29N3O. The van der Waals surface area contributed by atoms with E-state index in [-0.39, 0.29) is 0 Å². The normalized spacial score (nSPS) is 11.5. The maximum Gasteiger partial charge on any atom is 0.164 e. The van der Waals surface area contributed by atoms with Crippen molar-refractivity contribution in [1.82, 2.24) is 15.0 Å². The highest BCUT2D eigenvalue weighted by molar-refractivity contribution is 6.06. The van der Waals surface area contributed by atoms with Gasteiger partial charge in [-0.3, -0.25) is 0 Å². The van der Waals surface area contributed by atoms with Crippen LogP contribution in [0.15, 0.2) is 180 Å². The summed E-state index contributed by atoms with van der Waals surface area (Å²) in [6.07, 6.45) is 0. The van der Waals surface area contributed by atoms with Crippen LogP contribution in [0.25, 0.3) is 99.9 Å². The van der Waals surface area contributed by atoms with Gasteiger partial charge in [-0.25, -0.2) is 15.0 Å². The van der Waals surface area contributed by atoms with Gasteiger partial charge in [0.2, 0.25) is 0 Å². The maximum atomic E-state index is 6.27. The van der Waals surface area contributed by atoms with Gasteiger partial charge in [-0.1, -0.05) is 146 Å². The first-order chi connectivity index (χ1) is 25.2. The van der Waals surface area contributed by atoms with E-state index >= 15 is 0 Å². The molecule has 0 N–H and O–H groups in total. The SMILES string of the molecule is c1ccc(-c2nc(-c3ccc(-c4ccc5ccccc5c4)cc3)nc(-c3ccc4ccccc4c3)n2)c(-c2ccc3c(c2)oc2ccccc23)c1. The lowest BCUT2D eigenvalue weighted by Gasteiger charge is -2.13. The minimum atomic E-state index is 0.613. The minimum absolute atomic E-state index is 0.613. The molecule has 0 bridgehead atoms. The average Bonchev–Trinajstić information content (AvgIpc) is 3.58. The van der Waals surface area contributed by atoms with Crippen LogP contribution in [0.1, 0.15) is 0 Å². The van der Waals surface area contributed by atoms with Gasteiger partial charge in [-0.05, 0) is 74.1 Å². The van der Waals surface area contributed by atoms with Crippen molar-refractivity contribution in [3.05, 3.63) is 176 Å². The summed E-state index contributed by atoms with van der Waals surface area (Å²) in [5, 5.41) is 6.97. The number of furan rings is 1. The molecule has 0 spiro atoms. The van der Waals surface area contributed by atoms with Gasteiger partial charge in [0.05, 0.1) is 0 Å². The van der Waals surface area contributed by atoms with E-state index in [1.54, 1.807) is 0 Å². The molecule has 10 aromatic rings. The summed E-state index contributed by atoms with van der Waals surface area (Å²) in [7, 11) is 0. The molecule has 0 aliphatic rings. The van der Waals surface area contributed by atoms with Crippen molar-refractivity contribution < 1.29 is 4.42 Å². The predicted molar refractivity (Wildman–Crippen MR) is 209 cm³/mol. The second-order valence-electron chi connectivity index (χ2n) is 12.9. The molecule has 2 aromatic heterocycles. The first-order valence-electron chi connectivity index (χ1n) is 17.1. The van der Waals surface area contributed by atoms with Gasteiger partial charge in [-0.2, -0.15) is 0 Å². The van der Waals surface area contributed by atoms with Gasteiger partial charge >= 0.3 is 0 Å². The molecule has 0 amide bonds. The fourth-order valence-corrected chi connectivity index (χ4v) is 7.09. The molecule has 0 unspecified atom stereocenters. The number of nitrogens with zero attached hydrogens (tertiary/aromatic N) is 3. The Hall–Kier alpha value is -6.91. The molecule has 8 aromatic carbocycles. The van der Waals surface area contributed by atoms with E-state index in [4.69, 9.17) is 19.4 Å². The second-order valence-corrected chi connectivity index (χ2v) is 12.9. The van der Waals surface area contributed by atoms with E-state index in [0.717, 1.165) is 60.7 Å². The Balaban J connectivity index is 1.11. The van der Waals surface area contributed by atoms with Crippen LogP contribution < -0.4 is 0 Å². The smallest absolute Gasteiger partial charge is 0.164 e. The predicted octanol–water partition coefficient (Wildman–Crippen LogP) is 12.4. The molecule has 2 heterocycles. The van der Waals surface area contributed by atoms with Crippen molar-refractivity contribution in [2.75, 3.05) is 0 Å². The molecule has 238 valence electrons. The Morgan fingerprint density at radius 2 is 0.804 bits per heavy atom. The highest BCUT2D eigenvalue weighted by Crippen LogP contribution is 2.37. The summed E-state index contributed by atoms with van der Waals surface area (Å²) in [4.78, 5) is 15.4. The lowest BCUT2D eigenvalue weighted by atomic mass is 9.97. The van der Waals surface area contributed by atoms with Crippen LogP contribution >= 0.6 is 0 Å². The molecule has 4 heteroatoms. The van der Waals surface area contributed by atoms with Gasteiger partial charge in [0.25, 0.3) is 0 Å². The monoisotopic (exact) mass is 651 g/mol. The highest BCUT2D eigenvalue weighted by Gasteiger charge is 2.17. The van der Waals surface area contributed by atoms with Crippen LogP contribution in [0, 0.1) is 0 Å². The number of hydrogen-bond donors (Lipinski definition) is 0. The van der Waals surface area contributed by atoms with Crippen LogP contribution in [-0.2, 0) is 0 Å². The number of para-hydroxylation sites is 1. The minimum Gasteiger partial charge on any atom is -0.456 e. The van der Waals surface area contributed by atoms with E-state index in [9.17, 15) is 0 Å². The summed E-state index contributed by atoms with van der Waals surface area (Å²) in [6, 6.07) is 61.2. The molecule has 0 aliphatic heterocycles. The molecule has 0 saturated carbocycles. The van der Waals surface area contributed by atoms with Crippen LogP contribution in [0.2, 0.25) is 0 Å². The number of aromatic nitrogens is 3. The van der Waals surface area contributed by atoms with E-state index < -0.39 is 0 Å². The molecule has 51 heavy (non-hydrogen) atoms. The highest BCUT2D eigenvalue weighted by atomic mass is 16.3. The molecule has 4 nitrogen and oxygen atoms in total. The molecule has 10 rings (SSSR count). The topological polar surface area (TPSA) is 51.8 Å². The summed E-state index contributed by atoms with van der Waals surface area (Å²) in [5.41, 5.74) is 8.88. The van der Waals surface area contributed by atoms with E-state index in [1.165, 1.54) is 21.7 Å². The van der Waals surface area contributed by atoms with Crippen LogP contribution in [0.5, 0.6) is 0 Å². The lowest BCUT2D eigenvalue weighted by molar-refractivity contribution is 0.669.